The Bertz CT molecular complexity index is 751. The summed E-state index contributed by atoms with van der Waals surface area (Å²) >= 11 is 0.976. The SMILES string of the molecule is Cn1[nH]c(=O)c(=O)nc1Sc1nccc(C(=N)N)n1. The Kier molecular flexibility index (Phi) is 3.42. The minimum absolute atomic E-state index is 0.187. The van der Waals surface area contributed by atoms with Crippen LogP contribution < -0.4 is 16.9 Å². The summed E-state index contributed by atoms with van der Waals surface area (Å²) in [7, 11) is 1.53. The molecule has 0 saturated carbocycles. The van der Waals surface area contributed by atoms with E-state index in [2.05, 4.69) is 20.1 Å². The van der Waals surface area contributed by atoms with Crippen LogP contribution in [0.15, 0.2) is 32.2 Å². The zero-order valence-electron chi connectivity index (χ0n) is 9.75. The number of nitrogens with two attached hydrogens (primary N) is 1. The number of nitrogen functional groups attached to an aromatic ring is 1. The van der Waals surface area contributed by atoms with Crippen LogP contribution in [0.1, 0.15) is 5.69 Å². The number of rotatable bonds is 3. The van der Waals surface area contributed by atoms with Crippen molar-refractivity contribution in [3.8, 4) is 0 Å². The molecule has 2 aromatic heterocycles. The molecule has 0 atom stereocenters. The van der Waals surface area contributed by atoms with Gasteiger partial charge in [-0.2, -0.15) is 4.98 Å². The molecule has 9 nitrogen and oxygen atoms in total. The zero-order chi connectivity index (χ0) is 14.0. The number of amidine groups is 1. The summed E-state index contributed by atoms with van der Waals surface area (Å²) in [4.78, 5) is 33.8. The van der Waals surface area contributed by atoms with Gasteiger partial charge >= 0.3 is 11.1 Å². The van der Waals surface area contributed by atoms with Crippen molar-refractivity contribution >= 4 is 17.6 Å². The van der Waals surface area contributed by atoms with Crippen molar-refractivity contribution in [3.63, 3.8) is 0 Å². The van der Waals surface area contributed by atoms with Gasteiger partial charge < -0.3 is 5.73 Å². The van der Waals surface area contributed by atoms with E-state index in [0.29, 0.717) is 0 Å². The second-order valence-electron chi connectivity index (χ2n) is 3.44. The van der Waals surface area contributed by atoms with Gasteiger partial charge in [-0.15, -0.1) is 0 Å². The van der Waals surface area contributed by atoms with Crippen LogP contribution >= 0.6 is 11.8 Å². The lowest BCUT2D eigenvalue weighted by Gasteiger charge is -2.05. The number of hydrogen-bond donors (Lipinski definition) is 3. The van der Waals surface area contributed by atoms with Crippen molar-refractivity contribution < 1.29 is 0 Å². The predicted molar refractivity (Wildman–Crippen MR) is 67.3 cm³/mol. The quantitative estimate of drug-likeness (QED) is 0.274. The second kappa shape index (κ2) is 5.02. The van der Waals surface area contributed by atoms with Gasteiger partial charge in [-0.05, 0) is 17.8 Å². The third-order valence-corrected chi connectivity index (χ3v) is 2.97. The molecule has 0 aliphatic heterocycles. The third-order valence-electron chi connectivity index (χ3n) is 2.04. The molecule has 0 radical (unpaired) electrons. The maximum atomic E-state index is 11.2. The Morgan fingerprint density at radius 3 is 2.89 bits per heavy atom. The molecule has 2 aromatic rings. The molecule has 0 aromatic carbocycles. The Hall–Kier alpha value is -2.49. The first-order valence-electron chi connectivity index (χ1n) is 5.00. The van der Waals surface area contributed by atoms with E-state index in [-0.39, 0.29) is 21.8 Å². The van der Waals surface area contributed by atoms with Crippen LogP contribution in [0, 0.1) is 5.41 Å². The number of H-pyrrole nitrogens is 1. The molecule has 0 aliphatic rings. The van der Waals surface area contributed by atoms with Crippen molar-refractivity contribution in [3.05, 3.63) is 38.7 Å². The van der Waals surface area contributed by atoms with Gasteiger partial charge in [-0.3, -0.25) is 24.8 Å². The van der Waals surface area contributed by atoms with Crippen LogP contribution in [-0.4, -0.2) is 30.6 Å². The van der Waals surface area contributed by atoms with Gasteiger partial charge in [-0.1, -0.05) is 0 Å². The van der Waals surface area contributed by atoms with Gasteiger partial charge in [0.15, 0.2) is 10.3 Å². The van der Waals surface area contributed by atoms with Gasteiger partial charge in [0.05, 0.1) is 0 Å². The molecule has 0 amide bonds. The fourth-order valence-electron chi connectivity index (χ4n) is 1.17. The number of nitrogens with one attached hydrogen (secondary N) is 2. The molecular weight excluding hydrogens is 270 g/mol. The molecule has 0 fully saturated rings. The first-order valence-corrected chi connectivity index (χ1v) is 5.81. The highest BCUT2D eigenvalue weighted by molar-refractivity contribution is 7.99. The molecule has 4 N–H and O–H groups in total. The standard InChI is InChI=1S/C9H9N7O2S/c1-16-9(14-6(17)7(18)15-16)19-8-12-3-2-4(13-8)5(10)11/h2-3H,1H3,(H3,10,11)(H,15,18). The summed E-state index contributed by atoms with van der Waals surface area (Å²) in [5.74, 6) is -0.187. The first-order chi connectivity index (χ1) is 8.97. The van der Waals surface area contributed by atoms with E-state index in [4.69, 9.17) is 11.1 Å². The molecule has 0 spiro atoms. The van der Waals surface area contributed by atoms with Crippen LogP contribution in [0.2, 0.25) is 0 Å². The molecule has 0 saturated heterocycles. The lowest BCUT2D eigenvalue weighted by atomic mass is 10.4. The van der Waals surface area contributed by atoms with E-state index in [1.807, 2.05) is 0 Å². The Morgan fingerprint density at radius 1 is 1.47 bits per heavy atom. The number of aromatic nitrogens is 5. The maximum absolute atomic E-state index is 11.2. The summed E-state index contributed by atoms with van der Waals surface area (Å²) < 4.78 is 1.29. The fraction of sp³-hybridized carbons (Fsp3) is 0.111. The Labute approximate surface area is 110 Å². The summed E-state index contributed by atoms with van der Waals surface area (Å²) in [6.45, 7) is 0. The minimum atomic E-state index is -0.886. The van der Waals surface area contributed by atoms with E-state index in [0.717, 1.165) is 11.8 Å². The van der Waals surface area contributed by atoms with Crippen molar-refractivity contribution in [2.45, 2.75) is 10.3 Å². The normalized spacial score (nSPS) is 10.4. The highest BCUT2D eigenvalue weighted by atomic mass is 32.2. The average molecular weight is 279 g/mol. The zero-order valence-corrected chi connectivity index (χ0v) is 10.6. The van der Waals surface area contributed by atoms with Crippen molar-refractivity contribution in [1.29, 1.82) is 5.41 Å². The number of hydrogen-bond acceptors (Lipinski definition) is 7. The smallest absolute Gasteiger partial charge is 0.339 e. The van der Waals surface area contributed by atoms with Crippen molar-refractivity contribution in [2.24, 2.45) is 12.8 Å². The Balaban J connectivity index is 2.39. The van der Waals surface area contributed by atoms with Gasteiger partial charge in [0, 0.05) is 13.2 Å². The predicted octanol–water partition coefficient (Wildman–Crippen LogP) is -1.31. The second-order valence-corrected chi connectivity index (χ2v) is 4.37. The Morgan fingerprint density at radius 2 is 2.21 bits per heavy atom. The summed E-state index contributed by atoms with van der Waals surface area (Å²) in [6, 6.07) is 1.49. The highest BCUT2D eigenvalue weighted by Crippen LogP contribution is 2.19. The molecule has 0 unspecified atom stereocenters. The number of aromatic amines is 1. The van der Waals surface area contributed by atoms with Gasteiger partial charge in [-0.25, -0.2) is 9.97 Å². The van der Waals surface area contributed by atoms with E-state index < -0.39 is 11.1 Å². The molecule has 19 heavy (non-hydrogen) atoms. The molecule has 0 aliphatic carbocycles. The lowest BCUT2D eigenvalue weighted by molar-refractivity contribution is 0.595. The molecule has 98 valence electrons. The van der Waals surface area contributed by atoms with Crippen molar-refractivity contribution in [1.82, 2.24) is 24.7 Å². The molecule has 0 bridgehead atoms. The fourth-order valence-corrected chi connectivity index (χ4v) is 1.91. The monoisotopic (exact) mass is 279 g/mol. The van der Waals surface area contributed by atoms with E-state index >= 15 is 0 Å². The van der Waals surface area contributed by atoms with E-state index in [9.17, 15) is 9.59 Å². The first kappa shape index (κ1) is 13.0. The molecular formula is C9H9N7O2S. The third kappa shape index (κ3) is 2.85. The summed E-state index contributed by atoms with van der Waals surface area (Å²) in [6.07, 6.45) is 1.44. The van der Waals surface area contributed by atoms with E-state index in [1.165, 1.54) is 24.0 Å². The number of aryl methyl sites for hydroxylation is 1. The van der Waals surface area contributed by atoms with E-state index in [1.54, 1.807) is 0 Å². The van der Waals surface area contributed by atoms with Crippen LogP contribution in [0.25, 0.3) is 0 Å². The topological polar surface area (TPSA) is 143 Å². The molecule has 2 heterocycles. The van der Waals surface area contributed by atoms with Crippen molar-refractivity contribution in [2.75, 3.05) is 0 Å². The molecule has 10 heteroatoms. The van der Waals surface area contributed by atoms with Gasteiger partial charge in [0.2, 0.25) is 0 Å². The number of nitrogens with zero attached hydrogens (tertiary/aromatic N) is 4. The molecule has 2 rings (SSSR count). The summed E-state index contributed by atoms with van der Waals surface area (Å²) in [5.41, 5.74) is 3.90. The minimum Gasteiger partial charge on any atom is -0.382 e. The van der Waals surface area contributed by atoms with Crippen LogP contribution in [0.4, 0.5) is 0 Å². The van der Waals surface area contributed by atoms with Crippen LogP contribution in [0.3, 0.4) is 0 Å². The van der Waals surface area contributed by atoms with Crippen LogP contribution in [-0.2, 0) is 7.05 Å². The maximum Gasteiger partial charge on any atom is 0.339 e. The summed E-state index contributed by atoms with van der Waals surface area (Å²) in [5, 5.41) is 10.1. The largest absolute Gasteiger partial charge is 0.382 e. The van der Waals surface area contributed by atoms with Gasteiger partial charge in [0.1, 0.15) is 11.5 Å². The average Bonchev–Trinajstić information content (AvgIpc) is 2.36. The van der Waals surface area contributed by atoms with Gasteiger partial charge in [0.25, 0.3) is 0 Å². The lowest BCUT2D eigenvalue weighted by Crippen LogP contribution is -2.33. The highest BCUT2D eigenvalue weighted by Gasteiger charge is 2.09. The van der Waals surface area contributed by atoms with Crippen LogP contribution in [0.5, 0.6) is 0 Å².